The van der Waals surface area contributed by atoms with Crippen molar-refractivity contribution in [3.63, 3.8) is 0 Å². The van der Waals surface area contributed by atoms with Crippen LogP contribution < -0.4 is 14.8 Å². The Labute approximate surface area is 149 Å². The Bertz CT molecular complexity index is 810. The van der Waals surface area contributed by atoms with Crippen molar-refractivity contribution in [1.29, 1.82) is 0 Å². The molecule has 2 aromatic rings. The number of amides is 1. The monoisotopic (exact) mass is 362 g/mol. The van der Waals surface area contributed by atoms with Gasteiger partial charge in [0.2, 0.25) is 5.82 Å². The van der Waals surface area contributed by atoms with Gasteiger partial charge in [0.1, 0.15) is 0 Å². The molecule has 1 amide bonds. The summed E-state index contributed by atoms with van der Waals surface area (Å²) in [6.45, 7) is 4.71. The standard InChI is InChI=1S/C18H19FN2O5/c1-3-9-26-16-8-5-12(10-17(16)25-4-2)18(22)20-13-6-7-14(19)15(11-13)21(23)24/h5-8,10-11H,3-4,9H2,1-2H3,(H,20,22). The molecule has 0 aromatic heterocycles. The van der Waals surface area contributed by atoms with Gasteiger partial charge in [0.25, 0.3) is 5.91 Å². The van der Waals surface area contributed by atoms with E-state index in [2.05, 4.69) is 5.32 Å². The Kier molecular flexibility index (Phi) is 6.48. The van der Waals surface area contributed by atoms with Crippen LogP contribution in [0.15, 0.2) is 36.4 Å². The minimum atomic E-state index is -0.968. The maximum absolute atomic E-state index is 13.4. The van der Waals surface area contributed by atoms with E-state index < -0.39 is 22.3 Å². The molecular formula is C18H19FN2O5. The summed E-state index contributed by atoms with van der Waals surface area (Å²) in [6.07, 6.45) is 0.831. The highest BCUT2D eigenvalue weighted by Crippen LogP contribution is 2.29. The lowest BCUT2D eigenvalue weighted by Gasteiger charge is -2.13. The van der Waals surface area contributed by atoms with Crippen LogP contribution in [0, 0.1) is 15.9 Å². The van der Waals surface area contributed by atoms with Gasteiger partial charge in [0.05, 0.1) is 18.1 Å². The molecule has 0 heterocycles. The summed E-state index contributed by atoms with van der Waals surface area (Å²) < 4.78 is 24.5. The van der Waals surface area contributed by atoms with Gasteiger partial charge in [-0.3, -0.25) is 14.9 Å². The van der Waals surface area contributed by atoms with Crippen LogP contribution >= 0.6 is 0 Å². The molecule has 26 heavy (non-hydrogen) atoms. The number of nitro groups is 1. The molecule has 0 spiro atoms. The molecule has 0 saturated carbocycles. The van der Waals surface area contributed by atoms with Gasteiger partial charge in [0, 0.05) is 17.3 Å². The number of nitro benzene ring substituents is 1. The predicted molar refractivity (Wildman–Crippen MR) is 94.4 cm³/mol. The van der Waals surface area contributed by atoms with Crippen LogP contribution in [0.3, 0.4) is 0 Å². The van der Waals surface area contributed by atoms with Crippen molar-refractivity contribution in [2.75, 3.05) is 18.5 Å². The van der Waals surface area contributed by atoms with Crippen molar-refractivity contribution in [2.45, 2.75) is 20.3 Å². The van der Waals surface area contributed by atoms with Crippen LogP contribution in [0.1, 0.15) is 30.6 Å². The lowest BCUT2D eigenvalue weighted by atomic mass is 10.1. The minimum absolute atomic E-state index is 0.118. The molecule has 2 rings (SSSR count). The molecule has 138 valence electrons. The zero-order valence-electron chi connectivity index (χ0n) is 14.5. The molecule has 0 atom stereocenters. The van der Waals surface area contributed by atoms with E-state index in [0.717, 1.165) is 18.6 Å². The maximum Gasteiger partial charge on any atom is 0.306 e. The lowest BCUT2D eigenvalue weighted by Crippen LogP contribution is -2.13. The molecule has 7 nitrogen and oxygen atoms in total. The molecule has 1 N–H and O–H groups in total. The number of nitrogens with zero attached hydrogens (tertiary/aromatic N) is 1. The third-order valence-corrected chi connectivity index (χ3v) is 3.37. The molecule has 0 aliphatic heterocycles. The largest absolute Gasteiger partial charge is 0.490 e. The van der Waals surface area contributed by atoms with E-state index in [1.165, 1.54) is 12.1 Å². The van der Waals surface area contributed by atoms with Crippen LogP contribution in [-0.4, -0.2) is 24.0 Å². The Morgan fingerprint density at radius 2 is 1.92 bits per heavy atom. The van der Waals surface area contributed by atoms with Crippen molar-refractivity contribution in [2.24, 2.45) is 0 Å². The molecule has 2 aromatic carbocycles. The molecule has 0 saturated heterocycles. The molecule has 0 bridgehead atoms. The first-order chi connectivity index (χ1) is 12.5. The summed E-state index contributed by atoms with van der Waals surface area (Å²) in [6, 6.07) is 7.87. The summed E-state index contributed by atoms with van der Waals surface area (Å²) >= 11 is 0. The highest BCUT2D eigenvalue weighted by molar-refractivity contribution is 6.04. The van der Waals surface area contributed by atoms with Gasteiger partial charge in [-0.05, 0) is 43.7 Å². The average Bonchev–Trinajstić information content (AvgIpc) is 2.62. The molecule has 0 radical (unpaired) electrons. The van der Waals surface area contributed by atoms with Crippen molar-refractivity contribution in [3.8, 4) is 11.5 Å². The third kappa shape index (κ3) is 4.69. The average molecular weight is 362 g/mol. The van der Waals surface area contributed by atoms with Gasteiger partial charge < -0.3 is 14.8 Å². The fraction of sp³-hybridized carbons (Fsp3) is 0.278. The van der Waals surface area contributed by atoms with Gasteiger partial charge >= 0.3 is 5.69 Å². The van der Waals surface area contributed by atoms with Crippen LogP contribution in [0.5, 0.6) is 11.5 Å². The first-order valence-electron chi connectivity index (χ1n) is 8.11. The number of carbonyl (C=O) groups is 1. The van der Waals surface area contributed by atoms with Gasteiger partial charge in [-0.2, -0.15) is 4.39 Å². The number of hydrogen-bond acceptors (Lipinski definition) is 5. The van der Waals surface area contributed by atoms with E-state index in [0.29, 0.717) is 24.7 Å². The summed E-state index contributed by atoms with van der Waals surface area (Å²) in [5.74, 6) is -0.515. The number of anilines is 1. The van der Waals surface area contributed by atoms with E-state index in [1.807, 2.05) is 13.8 Å². The van der Waals surface area contributed by atoms with Crippen molar-refractivity contribution in [1.82, 2.24) is 0 Å². The number of carbonyl (C=O) groups excluding carboxylic acids is 1. The lowest BCUT2D eigenvalue weighted by molar-refractivity contribution is -0.387. The Hall–Kier alpha value is -3.16. The molecule has 0 aliphatic rings. The van der Waals surface area contributed by atoms with E-state index in [9.17, 15) is 19.3 Å². The van der Waals surface area contributed by atoms with Gasteiger partial charge in [-0.1, -0.05) is 6.92 Å². The Balaban J connectivity index is 2.22. The fourth-order valence-corrected chi connectivity index (χ4v) is 2.18. The van der Waals surface area contributed by atoms with E-state index in [-0.39, 0.29) is 11.3 Å². The van der Waals surface area contributed by atoms with Crippen LogP contribution in [0.2, 0.25) is 0 Å². The predicted octanol–water partition coefficient (Wildman–Crippen LogP) is 4.17. The minimum Gasteiger partial charge on any atom is -0.490 e. The summed E-state index contributed by atoms with van der Waals surface area (Å²) in [4.78, 5) is 22.3. The van der Waals surface area contributed by atoms with E-state index in [4.69, 9.17) is 9.47 Å². The number of rotatable bonds is 8. The van der Waals surface area contributed by atoms with Gasteiger partial charge in [0.15, 0.2) is 11.5 Å². The first kappa shape index (κ1) is 19.2. The highest BCUT2D eigenvalue weighted by atomic mass is 19.1. The van der Waals surface area contributed by atoms with Crippen LogP contribution in [0.4, 0.5) is 15.8 Å². The Morgan fingerprint density at radius 1 is 1.15 bits per heavy atom. The number of hydrogen-bond donors (Lipinski definition) is 1. The summed E-state index contributed by atoms with van der Waals surface area (Å²) in [5, 5.41) is 13.3. The smallest absolute Gasteiger partial charge is 0.306 e. The summed E-state index contributed by atoms with van der Waals surface area (Å²) in [7, 11) is 0. The molecule has 0 fully saturated rings. The highest BCUT2D eigenvalue weighted by Gasteiger charge is 2.17. The van der Waals surface area contributed by atoms with E-state index >= 15 is 0 Å². The SMILES string of the molecule is CCCOc1ccc(C(=O)Nc2ccc(F)c([N+](=O)[O-])c2)cc1OCC. The van der Waals surface area contributed by atoms with Crippen LogP contribution in [0.25, 0.3) is 0 Å². The first-order valence-corrected chi connectivity index (χ1v) is 8.11. The maximum atomic E-state index is 13.4. The van der Waals surface area contributed by atoms with Crippen molar-refractivity contribution < 1.29 is 23.6 Å². The Morgan fingerprint density at radius 3 is 2.58 bits per heavy atom. The zero-order chi connectivity index (χ0) is 19.1. The number of benzene rings is 2. The molecule has 0 aliphatic carbocycles. The molecule has 0 unspecified atom stereocenters. The second-order valence-corrected chi connectivity index (χ2v) is 5.32. The number of nitrogens with one attached hydrogen (secondary N) is 1. The normalized spacial score (nSPS) is 10.3. The third-order valence-electron chi connectivity index (χ3n) is 3.37. The number of halogens is 1. The second kappa shape index (κ2) is 8.80. The molecular weight excluding hydrogens is 343 g/mol. The van der Waals surface area contributed by atoms with Crippen molar-refractivity contribution in [3.05, 3.63) is 57.9 Å². The van der Waals surface area contributed by atoms with E-state index in [1.54, 1.807) is 12.1 Å². The quantitative estimate of drug-likeness (QED) is 0.562. The fourth-order valence-electron chi connectivity index (χ4n) is 2.18. The van der Waals surface area contributed by atoms with Crippen LogP contribution in [-0.2, 0) is 0 Å². The van der Waals surface area contributed by atoms with Gasteiger partial charge in [-0.15, -0.1) is 0 Å². The zero-order valence-corrected chi connectivity index (χ0v) is 14.5. The van der Waals surface area contributed by atoms with Gasteiger partial charge in [-0.25, -0.2) is 0 Å². The second-order valence-electron chi connectivity index (χ2n) is 5.32. The van der Waals surface area contributed by atoms with Crippen molar-refractivity contribution >= 4 is 17.3 Å². The summed E-state index contributed by atoms with van der Waals surface area (Å²) in [5.41, 5.74) is -0.308. The number of ether oxygens (including phenoxy) is 2. The molecule has 8 heteroatoms. The topological polar surface area (TPSA) is 90.7 Å².